The summed E-state index contributed by atoms with van der Waals surface area (Å²) in [6.07, 6.45) is 1.38. The number of rotatable bonds is 9. The summed E-state index contributed by atoms with van der Waals surface area (Å²) < 4.78 is 61.8. The Bertz CT molecular complexity index is 1120. The van der Waals surface area contributed by atoms with Crippen LogP contribution in [-0.2, 0) is 21.2 Å². The lowest BCUT2D eigenvalue weighted by Gasteiger charge is -2.30. The standard InChI is InChI=1S/C24H30F2N2O5S/c1-16-4-6-20(14-17(16)2)34(30,31)28-12-9-19(10-13-28)23(29)27-11-8-18-5-7-21(33-24(25)26)22(15-18)32-3/h4-7,14-15,19,24H,8-13H2,1-3H3,(H,27,29). The first-order chi connectivity index (χ1) is 16.1. The van der Waals surface area contributed by atoms with Crippen molar-refractivity contribution in [3.63, 3.8) is 0 Å². The zero-order valence-corrected chi connectivity index (χ0v) is 20.3. The number of methoxy groups -OCH3 is 1. The number of nitrogens with zero attached hydrogens (tertiary/aromatic N) is 1. The predicted molar refractivity (Wildman–Crippen MR) is 124 cm³/mol. The Kier molecular flexibility index (Phi) is 8.48. The van der Waals surface area contributed by atoms with E-state index >= 15 is 0 Å². The minimum Gasteiger partial charge on any atom is -0.493 e. The highest BCUT2D eigenvalue weighted by Gasteiger charge is 2.32. The lowest BCUT2D eigenvalue weighted by Crippen LogP contribution is -2.43. The van der Waals surface area contributed by atoms with Gasteiger partial charge in [0.05, 0.1) is 12.0 Å². The topological polar surface area (TPSA) is 84.9 Å². The predicted octanol–water partition coefficient (Wildman–Crippen LogP) is 3.67. The number of ether oxygens (including phenoxy) is 2. The first kappa shape index (κ1) is 25.9. The summed E-state index contributed by atoms with van der Waals surface area (Å²) in [5.41, 5.74) is 2.75. The molecular weight excluding hydrogens is 466 g/mol. The second kappa shape index (κ2) is 11.1. The van der Waals surface area contributed by atoms with Crippen molar-refractivity contribution in [2.24, 2.45) is 5.92 Å². The fourth-order valence-corrected chi connectivity index (χ4v) is 5.47. The third-order valence-electron chi connectivity index (χ3n) is 6.10. The third kappa shape index (κ3) is 6.24. The van der Waals surface area contributed by atoms with Crippen LogP contribution in [0.2, 0.25) is 0 Å². The molecule has 186 valence electrons. The molecule has 1 aliphatic rings. The van der Waals surface area contributed by atoms with E-state index in [0.717, 1.165) is 16.7 Å². The van der Waals surface area contributed by atoms with Crippen LogP contribution < -0.4 is 14.8 Å². The molecule has 1 aliphatic heterocycles. The van der Waals surface area contributed by atoms with Crippen LogP contribution in [0.4, 0.5) is 8.78 Å². The molecule has 0 unspecified atom stereocenters. The van der Waals surface area contributed by atoms with Crippen molar-refractivity contribution in [3.05, 3.63) is 53.1 Å². The highest BCUT2D eigenvalue weighted by atomic mass is 32.2. The lowest BCUT2D eigenvalue weighted by molar-refractivity contribution is -0.126. The summed E-state index contributed by atoms with van der Waals surface area (Å²) >= 11 is 0. The number of halogens is 2. The van der Waals surface area contributed by atoms with Crippen LogP contribution in [-0.4, -0.2) is 52.0 Å². The molecule has 2 aromatic carbocycles. The van der Waals surface area contributed by atoms with Crippen molar-refractivity contribution < 1.29 is 31.5 Å². The number of aryl methyl sites for hydroxylation is 2. The molecular formula is C24H30F2N2O5S. The van der Waals surface area contributed by atoms with E-state index in [9.17, 15) is 22.0 Å². The summed E-state index contributed by atoms with van der Waals surface area (Å²) in [7, 11) is -2.22. The fraction of sp³-hybridized carbons (Fsp3) is 0.458. The van der Waals surface area contributed by atoms with E-state index in [1.807, 2.05) is 13.8 Å². The molecule has 1 fully saturated rings. The Morgan fingerprint density at radius 2 is 1.79 bits per heavy atom. The van der Waals surface area contributed by atoms with Crippen molar-refractivity contribution in [3.8, 4) is 11.5 Å². The van der Waals surface area contributed by atoms with Crippen LogP contribution in [0.1, 0.15) is 29.5 Å². The zero-order valence-electron chi connectivity index (χ0n) is 19.5. The van der Waals surface area contributed by atoms with Crippen molar-refractivity contribution >= 4 is 15.9 Å². The summed E-state index contributed by atoms with van der Waals surface area (Å²) in [6, 6.07) is 9.76. The summed E-state index contributed by atoms with van der Waals surface area (Å²) in [5.74, 6) is -0.232. The Labute approximate surface area is 199 Å². The molecule has 1 heterocycles. The molecule has 1 N–H and O–H groups in total. The van der Waals surface area contributed by atoms with Gasteiger partial charge in [0.2, 0.25) is 15.9 Å². The maximum atomic E-state index is 13.0. The largest absolute Gasteiger partial charge is 0.493 e. The minimum atomic E-state index is -3.59. The number of hydrogen-bond acceptors (Lipinski definition) is 5. The molecule has 3 rings (SSSR count). The van der Waals surface area contributed by atoms with Crippen molar-refractivity contribution in [1.82, 2.24) is 9.62 Å². The molecule has 0 atom stereocenters. The van der Waals surface area contributed by atoms with Gasteiger partial charge >= 0.3 is 6.61 Å². The Balaban J connectivity index is 1.50. The van der Waals surface area contributed by atoms with Crippen molar-refractivity contribution in [2.75, 3.05) is 26.7 Å². The highest BCUT2D eigenvalue weighted by Crippen LogP contribution is 2.30. The average Bonchev–Trinajstić information content (AvgIpc) is 2.81. The van der Waals surface area contributed by atoms with Gasteiger partial charge in [-0.25, -0.2) is 8.42 Å². The molecule has 0 bridgehead atoms. The van der Waals surface area contributed by atoms with Crippen LogP contribution >= 0.6 is 0 Å². The van der Waals surface area contributed by atoms with E-state index in [0.29, 0.717) is 25.8 Å². The molecule has 1 amide bonds. The molecule has 0 aliphatic carbocycles. The number of sulfonamides is 1. The number of alkyl halides is 2. The smallest absolute Gasteiger partial charge is 0.387 e. The Morgan fingerprint density at radius 1 is 1.09 bits per heavy atom. The first-order valence-electron chi connectivity index (χ1n) is 11.1. The van der Waals surface area contributed by atoms with Crippen LogP contribution in [0, 0.1) is 19.8 Å². The number of carbonyl (C=O) groups excluding carboxylic acids is 1. The maximum Gasteiger partial charge on any atom is 0.387 e. The van der Waals surface area contributed by atoms with Gasteiger partial charge in [-0.1, -0.05) is 12.1 Å². The fourth-order valence-electron chi connectivity index (χ4n) is 3.92. The molecule has 0 spiro atoms. The number of piperidine rings is 1. The number of nitrogens with one attached hydrogen (secondary N) is 1. The summed E-state index contributed by atoms with van der Waals surface area (Å²) in [6.45, 7) is 1.81. The van der Waals surface area contributed by atoms with E-state index in [1.165, 1.54) is 17.5 Å². The number of amides is 1. The molecule has 34 heavy (non-hydrogen) atoms. The Morgan fingerprint density at radius 3 is 2.41 bits per heavy atom. The van der Waals surface area contributed by atoms with Gasteiger partial charge in [-0.05, 0) is 74.1 Å². The summed E-state index contributed by atoms with van der Waals surface area (Å²) in [4.78, 5) is 12.9. The molecule has 1 saturated heterocycles. The molecule has 0 radical (unpaired) electrons. The normalized spacial score (nSPS) is 15.4. The van der Waals surface area contributed by atoms with E-state index in [2.05, 4.69) is 10.1 Å². The van der Waals surface area contributed by atoms with Gasteiger partial charge in [0, 0.05) is 25.6 Å². The quantitative estimate of drug-likeness (QED) is 0.573. The number of carbonyl (C=O) groups is 1. The van der Waals surface area contributed by atoms with Gasteiger partial charge in [0.15, 0.2) is 11.5 Å². The molecule has 2 aromatic rings. The van der Waals surface area contributed by atoms with Crippen LogP contribution in [0.5, 0.6) is 11.5 Å². The molecule has 10 heteroatoms. The molecule has 0 aromatic heterocycles. The maximum absolute atomic E-state index is 13.0. The first-order valence-corrected chi connectivity index (χ1v) is 12.5. The SMILES string of the molecule is COc1cc(CCNC(=O)C2CCN(S(=O)(=O)c3ccc(C)c(C)c3)CC2)ccc1OC(F)F. The molecule has 7 nitrogen and oxygen atoms in total. The second-order valence-electron chi connectivity index (χ2n) is 8.33. The minimum absolute atomic E-state index is 0.0483. The van der Waals surface area contributed by atoms with Gasteiger partial charge in [-0.3, -0.25) is 4.79 Å². The van der Waals surface area contributed by atoms with E-state index in [-0.39, 0.29) is 41.3 Å². The van der Waals surface area contributed by atoms with Crippen LogP contribution in [0.25, 0.3) is 0 Å². The lowest BCUT2D eigenvalue weighted by atomic mass is 9.97. The zero-order chi connectivity index (χ0) is 24.9. The summed E-state index contributed by atoms with van der Waals surface area (Å²) in [5, 5.41) is 2.89. The number of benzene rings is 2. The van der Waals surface area contributed by atoms with Crippen molar-refractivity contribution in [1.29, 1.82) is 0 Å². The van der Waals surface area contributed by atoms with Gasteiger partial charge < -0.3 is 14.8 Å². The second-order valence-corrected chi connectivity index (χ2v) is 10.3. The van der Waals surface area contributed by atoms with E-state index in [4.69, 9.17) is 4.74 Å². The number of hydrogen-bond donors (Lipinski definition) is 1. The third-order valence-corrected chi connectivity index (χ3v) is 7.99. The average molecular weight is 497 g/mol. The Hall–Kier alpha value is -2.72. The van der Waals surface area contributed by atoms with Crippen LogP contribution in [0.3, 0.4) is 0 Å². The highest BCUT2D eigenvalue weighted by molar-refractivity contribution is 7.89. The van der Waals surface area contributed by atoms with Crippen LogP contribution in [0.15, 0.2) is 41.3 Å². The van der Waals surface area contributed by atoms with E-state index in [1.54, 1.807) is 30.3 Å². The molecule has 0 saturated carbocycles. The monoisotopic (exact) mass is 496 g/mol. The van der Waals surface area contributed by atoms with Gasteiger partial charge in [0.1, 0.15) is 0 Å². The van der Waals surface area contributed by atoms with Crippen molar-refractivity contribution in [2.45, 2.75) is 44.6 Å². The van der Waals surface area contributed by atoms with E-state index < -0.39 is 16.6 Å². The van der Waals surface area contributed by atoms with Gasteiger partial charge in [-0.2, -0.15) is 13.1 Å². The van der Waals surface area contributed by atoms with Gasteiger partial charge in [-0.15, -0.1) is 0 Å². The van der Waals surface area contributed by atoms with Gasteiger partial charge in [0.25, 0.3) is 0 Å².